The molecule has 3 heteroatoms. The van der Waals surface area contributed by atoms with Crippen molar-refractivity contribution in [3.05, 3.63) is 29.3 Å². The monoisotopic (exact) mass is 248 g/mol. The van der Waals surface area contributed by atoms with Gasteiger partial charge in [-0.2, -0.15) is 0 Å². The predicted octanol–water partition coefficient (Wildman–Crippen LogP) is 2.20. The van der Waals surface area contributed by atoms with Crippen LogP contribution in [0, 0.1) is 6.92 Å². The fraction of sp³-hybridized carbons (Fsp3) is 0.600. The summed E-state index contributed by atoms with van der Waals surface area (Å²) >= 11 is 0. The van der Waals surface area contributed by atoms with E-state index >= 15 is 0 Å². The van der Waals surface area contributed by atoms with Gasteiger partial charge in [-0.05, 0) is 30.9 Å². The molecule has 3 nitrogen and oxygen atoms in total. The van der Waals surface area contributed by atoms with E-state index in [0.29, 0.717) is 19.1 Å². The lowest BCUT2D eigenvalue weighted by atomic mass is 10.0. The van der Waals surface area contributed by atoms with Gasteiger partial charge < -0.3 is 15.7 Å². The average molecular weight is 248 g/mol. The highest BCUT2D eigenvalue weighted by molar-refractivity contribution is 5.60. The zero-order valence-corrected chi connectivity index (χ0v) is 11.2. The van der Waals surface area contributed by atoms with Crippen molar-refractivity contribution in [3.63, 3.8) is 0 Å². The van der Waals surface area contributed by atoms with E-state index in [1.807, 2.05) is 0 Å². The molecule has 1 aromatic carbocycles. The van der Waals surface area contributed by atoms with E-state index in [-0.39, 0.29) is 6.61 Å². The first-order valence-electron chi connectivity index (χ1n) is 6.94. The van der Waals surface area contributed by atoms with Gasteiger partial charge in [0.1, 0.15) is 0 Å². The first-order chi connectivity index (χ1) is 8.77. The van der Waals surface area contributed by atoms with Crippen LogP contribution in [0.2, 0.25) is 0 Å². The van der Waals surface area contributed by atoms with Crippen molar-refractivity contribution < 1.29 is 5.11 Å². The predicted molar refractivity (Wildman–Crippen MR) is 75.8 cm³/mol. The molecule has 1 saturated carbocycles. The third-order valence-corrected chi connectivity index (χ3v) is 3.93. The van der Waals surface area contributed by atoms with Crippen LogP contribution in [-0.4, -0.2) is 24.3 Å². The minimum absolute atomic E-state index is 0.203. The van der Waals surface area contributed by atoms with Gasteiger partial charge in [0, 0.05) is 24.8 Å². The van der Waals surface area contributed by atoms with E-state index in [4.69, 9.17) is 5.73 Å². The highest BCUT2D eigenvalue weighted by Crippen LogP contribution is 2.32. The van der Waals surface area contributed by atoms with E-state index in [1.54, 1.807) is 0 Å². The Bertz CT molecular complexity index is 386. The molecule has 1 fully saturated rings. The Morgan fingerprint density at radius 1 is 1.33 bits per heavy atom. The molecule has 100 valence electrons. The van der Waals surface area contributed by atoms with Crippen molar-refractivity contribution in [2.45, 2.75) is 45.2 Å². The first kappa shape index (κ1) is 13.4. The van der Waals surface area contributed by atoms with E-state index < -0.39 is 0 Å². The van der Waals surface area contributed by atoms with Gasteiger partial charge in [-0.1, -0.05) is 31.0 Å². The minimum atomic E-state index is 0.203. The molecule has 0 amide bonds. The van der Waals surface area contributed by atoms with E-state index in [2.05, 4.69) is 30.0 Å². The maximum Gasteiger partial charge on any atom is 0.0606 e. The summed E-state index contributed by atoms with van der Waals surface area (Å²) in [5.74, 6) is 0. The summed E-state index contributed by atoms with van der Waals surface area (Å²) in [7, 11) is 0. The number of nitrogens with two attached hydrogens (primary N) is 1. The van der Waals surface area contributed by atoms with Crippen LogP contribution in [0.15, 0.2) is 18.2 Å². The highest BCUT2D eigenvalue weighted by atomic mass is 16.3. The Morgan fingerprint density at radius 2 is 2.06 bits per heavy atom. The van der Waals surface area contributed by atoms with Gasteiger partial charge in [0.15, 0.2) is 0 Å². The number of aryl methyl sites for hydroxylation is 1. The Hall–Kier alpha value is -1.06. The van der Waals surface area contributed by atoms with E-state index in [0.717, 1.165) is 0 Å². The zero-order valence-electron chi connectivity index (χ0n) is 11.2. The third kappa shape index (κ3) is 2.68. The minimum Gasteiger partial charge on any atom is -0.395 e. The lowest BCUT2D eigenvalue weighted by Crippen LogP contribution is -2.37. The van der Waals surface area contributed by atoms with Crippen LogP contribution in [0.3, 0.4) is 0 Å². The summed E-state index contributed by atoms with van der Waals surface area (Å²) in [5, 5.41) is 9.34. The van der Waals surface area contributed by atoms with Crippen LogP contribution in [0.4, 0.5) is 5.69 Å². The molecule has 0 bridgehead atoms. The Kier molecular flexibility index (Phi) is 4.61. The van der Waals surface area contributed by atoms with Gasteiger partial charge in [-0.25, -0.2) is 0 Å². The lowest BCUT2D eigenvalue weighted by molar-refractivity contribution is 0.297. The molecular formula is C15H24N2O. The zero-order chi connectivity index (χ0) is 13.0. The maximum atomic E-state index is 9.34. The van der Waals surface area contributed by atoms with Gasteiger partial charge in [-0.3, -0.25) is 0 Å². The molecular weight excluding hydrogens is 224 g/mol. The SMILES string of the molecule is Cc1cccc(CN)c1N(CCO)C1CCCC1. The Morgan fingerprint density at radius 3 is 2.67 bits per heavy atom. The normalized spacial score (nSPS) is 16.2. The number of rotatable bonds is 5. The molecule has 18 heavy (non-hydrogen) atoms. The summed E-state index contributed by atoms with van der Waals surface area (Å²) in [4.78, 5) is 2.38. The Balaban J connectivity index is 2.34. The molecule has 3 N–H and O–H groups in total. The first-order valence-corrected chi connectivity index (χ1v) is 6.94. The van der Waals surface area contributed by atoms with Gasteiger partial charge in [0.25, 0.3) is 0 Å². The van der Waals surface area contributed by atoms with Crippen molar-refractivity contribution in [2.24, 2.45) is 5.73 Å². The topological polar surface area (TPSA) is 49.5 Å². The molecule has 0 spiro atoms. The summed E-state index contributed by atoms with van der Waals surface area (Å²) in [6, 6.07) is 6.87. The fourth-order valence-corrected chi connectivity index (χ4v) is 3.10. The van der Waals surface area contributed by atoms with Crippen molar-refractivity contribution in [3.8, 4) is 0 Å². The lowest BCUT2D eigenvalue weighted by Gasteiger charge is -2.33. The highest BCUT2D eigenvalue weighted by Gasteiger charge is 2.24. The molecule has 0 aromatic heterocycles. The second-order valence-corrected chi connectivity index (χ2v) is 5.14. The number of aliphatic hydroxyl groups excluding tert-OH is 1. The molecule has 0 atom stereocenters. The standard InChI is InChI=1S/C15H24N2O/c1-12-5-4-6-13(11-16)15(12)17(9-10-18)14-7-2-3-8-14/h4-6,14,18H,2-3,7-11,16H2,1H3. The average Bonchev–Trinajstić information content (AvgIpc) is 2.90. The number of hydrogen-bond donors (Lipinski definition) is 2. The fourth-order valence-electron chi connectivity index (χ4n) is 3.10. The molecule has 2 rings (SSSR count). The number of anilines is 1. The number of aliphatic hydroxyl groups is 1. The van der Waals surface area contributed by atoms with Crippen molar-refractivity contribution in [2.75, 3.05) is 18.1 Å². The summed E-state index contributed by atoms with van der Waals surface area (Å²) in [6.45, 7) is 3.61. The molecule has 1 aliphatic rings. The van der Waals surface area contributed by atoms with Gasteiger partial charge in [0.05, 0.1) is 6.61 Å². The number of hydrogen-bond acceptors (Lipinski definition) is 3. The number of benzene rings is 1. The van der Waals surface area contributed by atoms with E-state index in [9.17, 15) is 5.11 Å². The molecule has 0 saturated heterocycles. The van der Waals surface area contributed by atoms with Crippen molar-refractivity contribution >= 4 is 5.69 Å². The second-order valence-electron chi connectivity index (χ2n) is 5.14. The van der Waals surface area contributed by atoms with Crippen LogP contribution >= 0.6 is 0 Å². The van der Waals surface area contributed by atoms with E-state index in [1.165, 1.54) is 42.5 Å². The Labute approximate surface area is 110 Å². The molecule has 0 aliphatic heterocycles. The van der Waals surface area contributed by atoms with Crippen LogP contribution in [-0.2, 0) is 6.54 Å². The quantitative estimate of drug-likeness (QED) is 0.840. The summed E-state index contributed by atoms with van der Waals surface area (Å²) in [5.41, 5.74) is 9.57. The molecule has 0 unspecified atom stereocenters. The largest absolute Gasteiger partial charge is 0.395 e. The molecule has 1 aliphatic carbocycles. The van der Waals surface area contributed by atoms with Crippen LogP contribution < -0.4 is 10.6 Å². The molecule has 0 radical (unpaired) electrons. The van der Waals surface area contributed by atoms with Crippen LogP contribution in [0.1, 0.15) is 36.8 Å². The third-order valence-electron chi connectivity index (χ3n) is 3.93. The second kappa shape index (κ2) is 6.21. The summed E-state index contributed by atoms with van der Waals surface area (Å²) < 4.78 is 0. The van der Waals surface area contributed by atoms with Gasteiger partial charge in [0.2, 0.25) is 0 Å². The van der Waals surface area contributed by atoms with Crippen molar-refractivity contribution in [1.82, 2.24) is 0 Å². The molecule has 1 aromatic rings. The van der Waals surface area contributed by atoms with Gasteiger partial charge in [-0.15, -0.1) is 0 Å². The van der Waals surface area contributed by atoms with Gasteiger partial charge >= 0.3 is 0 Å². The van der Waals surface area contributed by atoms with Crippen molar-refractivity contribution in [1.29, 1.82) is 0 Å². The van der Waals surface area contributed by atoms with Crippen LogP contribution in [0.25, 0.3) is 0 Å². The smallest absolute Gasteiger partial charge is 0.0606 e. The number of nitrogens with zero attached hydrogens (tertiary/aromatic N) is 1. The molecule has 0 heterocycles. The maximum absolute atomic E-state index is 9.34. The summed E-state index contributed by atoms with van der Waals surface area (Å²) in [6.07, 6.45) is 5.07. The number of para-hydroxylation sites is 1. The van der Waals surface area contributed by atoms with Crippen LogP contribution in [0.5, 0.6) is 0 Å².